The number of carbonyl (C=O) groups excluding carboxylic acids is 1. The average molecular weight is 262 g/mol. The molecule has 0 radical (unpaired) electrons. The number of aromatic nitrogens is 1. The number of aliphatic carboxylic acids is 1. The molecule has 2 N–H and O–H groups in total. The van der Waals surface area contributed by atoms with Gasteiger partial charge >= 0.3 is 5.97 Å². The number of amides is 1. The van der Waals surface area contributed by atoms with Gasteiger partial charge in [0.2, 0.25) is 0 Å². The smallest absolute Gasteiger partial charge is 0.328 e. The fourth-order valence-corrected chi connectivity index (χ4v) is 1.47. The Hall–Kier alpha value is -2.17. The van der Waals surface area contributed by atoms with Gasteiger partial charge in [0.25, 0.3) is 5.91 Å². The molecule has 0 saturated carbocycles. The van der Waals surface area contributed by atoms with Crippen molar-refractivity contribution >= 4 is 18.0 Å². The molecule has 0 aromatic carbocycles. The third kappa shape index (κ3) is 5.81. The lowest BCUT2D eigenvalue weighted by Gasteiger charge is -2.04. The fourth-order valence-electron chi connectivity index (χ4n) is 1.47. The Balaban J connectivity index is 2.51. The maximum Gasteiger partial charge on any atom is 0.328 e. The average Bonchev–Trinajstić information content (AvgIpc) is 2.41. The quantitative estimate of drug-likeness (QED) is 0.582. The summed E-state index contributed by atoms with van der Waals surface area (Å²) in [5.74, 6) is -1.22. The van der Waals surface area contributed by atoms with E-state index >= 15 is 0 Å². The number of carboxylic acids is 1. The molecule has 0 spiro atoms. The Morgan fingerprint density at radius 1 is 1.37 bits per heavy atom. The van der Waals surface area contributed by atoms with E-state index in [1.54, 1.807) is 12.1 Å². The van der Waals surface area contributed by atoms with E-state index in [0.29, 0.717) is 17.8 Å². The minimum atomic E-state index is -1.02. The van der Waals surface area contributed by atoms with Crippen LogP contribution < -0.4 is 5.32 Å². The Morgan fingerprint density at radius 3 is 2.74 bits per heavy atom. The molecule has 1 heterocycles. The molecule has 5 nitrogen and oxygen atoms in total. The summed E-state index contributed by atoms with van der Waals surface area (Å²) >= 11 is 0. The van der Waals surface area contributed by atoms with Gasteiger partial charge in [0.05, 0.1) is 0 Å². The van der Waals surface area contributed by atoms with Crippen molar-refractivity contribution in [2.75, 3.05) is 6.54 Å². The molecule has 0 fully saturated rings. The number of hydrogen-bond donors (Lipinski definition) is 2. The number of nitrogens with zero attached hydrogens (tertiary/aromatic N) is 1. The molecular weight excluding hydrogens is 244 g/mol. The van der Waals surface area contributed by atoms with Gasteiger partial charge in [0.1, 0.15) is 5.69 Å². The molecule has 0 aliphatic carbocycles. The summed E-state index contributed by atoms with van der Waals surface area (Å²) in [6, 6.07) is 3.24. The summed E-state index contributed by atoms with van der Waals surface area (Å²) in [5.41, 5.74) is 0.980. The lowest BCUT2D eigenvalue weighted by molar-refractivity contribution is -0.131. The lowest BCUT2D eigenvalue weighted by atomic mass is 10.2. The van der Waals surface area contributed by atoms with Gasteiger partial charge in [-0.3, -0.25) is 9.78 Å². The zero-order valence-corrected chi connectivity index (χ0v) is 10.9. The molecule has 1 aromatic rings. The van der Waals surface area contributed by atoms with Gasteiger partial charge < -0.3 is 10.4 Å². The monoisotopic (exact) mass is 262 g/mol. The van der Waals surface area contributed by atoms with Crippen molar-refractivity contribution in [1.29, 1.82) is 0 Å². The van der Waals surface area contributed by atoms with Crippen LogP contribution in [-0.2, 0) is 4.79 Å². The van der Waals surface area contributed by atoms with Crippen LogP contribution >= 0.6 is 0 Å². The molecule has 0 aliphatic rings. The van der Waals surface area contributed by atoms with E-state index < -0.39 is 5.97 Å². The molecule has 5 heteroatoms. The molecule has 0 atom stereocenters. The third-order valence-electron chi connectivity index (χ3n) is 2.50. The van der Waals surface area contributed by atoms with E-state index in [1.807, 2.05) is 0 Å². The number of carbonyl (C=O) groups is 2. The Morgan fingerprint density at radius 2 is 2.16 bits per heavy atom. The molecule has 19 heavy (non-hydrogen) atoms. The van der Waals surface area contributed by atoms with Crippen LogP contribution in [0.4, 0.5) is 0 Å². The predicted octanol–water partition coefficient (Wildman–Crippen LogP) is 2.10. The summed E-state index contributed by atoms with van der Waals surface area (Å²) in [4.78, 5) is 26.0. The summed E-state index contributed by atoms with van der Waals surface area (Å²) in [6.45, 7) is 2.75. The Labute approximate surface area is 112 Å². The molecule has 0 unspecified atom stereocenters. The van der Waals surface area contributed by atoms with Gasteiger partial charge in [-0.1, -0.05) is 25.8 Å². The van der Waals surface area contributed by atoms with Crippen molar-refractivity contribution in [3.63, 3.8) is 0 Å². The highest BCUT2D eigenvalue weighted by atomic mass is 16.4. The molecule has 0 saturated heterocycles. The fraction of sp³-hybridized carbons (Fsp3) is 0.357. The minimum absolute atomic E-state index is 0.204. The normalized spacial score (nSPS) is 10.6. The zero-order valence-electron chi connectivity index (χ0n) is 10.9. The van der Waals surface area contributed by atoms with Gasteiger partial charge in [-0.2, -0.15) is 0 Å². The maximum absolute atomic E-state index is 11.7. The van der Waals surface area contributed by atoms with Crippen LogP contribution in [0.1, 0.15) is 42.2 Å². The standard InChI is InChI=1S/C14H18N2O3/c1-2-3-4-9-15-14(19)12-7-5-11(10-16-12)6-8-13(17)18/h5-8,10H,2-4,9H2,1H3,(H,15,19)(H,17,18). The van der Waals surface area contributed by atoms with Crippen molar-refractivity contribution < 1.29 is 14.7 Å². The molecule has 1 aromatic heterocycles. The SMILES string of the molecule is CCCCCNC(=O)c1ccc(C=CC(=O)O)cn1. The van der Waals surface area contributed by atoms with E-state index in [-0.39, 0.29) is 5.91 Å². The largest absolute Gasteiger partial charge is 0.478 e. The van der Waals surface area contributed by atoms with E-state index in [2.05, 4.69) is 17.2 Å². The number of rotatable bonds is 7. The van der Waals surface area contributed by atoms with Crippen LogP contribution in [0, 0.1) is 0 Å². The maximum atomic E-state index is 11.7. The van der Waals surface area contributed by atoms with Crippen molar-refractivity contribution in [3.8, 4) is 0 Å². The Bertz CT molecular complexity index is 452. The van der Waals surface area contributed by atoms with Gasteiger partial charge in [-0.05, 0) is 24.1 Å². The number of nitrogens with one attached hydrogen (secondary N) is 1. The second kappa shape index (κ2) is 8.02. The molecule has 1 amide bonds. The van der Waals surface area contributed by atoms with Crippen molar-refractivity contribution in [2.45, 2.75) is 26.2 Å². The summed E-state index contributed by atoms with van der Waals surface area (Å²) in [5, 5.41) is 11.3. The van der Waals surface area contributed by atoms with Crippen molar-refractivity contribution in [2.24, 2.45) is 0 Å². The Kier molecular flexibility index (Phi) is 6.29. The van der Waals surface area contributed by atoms with Crippen LogP contribution in [-0.4, -0.2) is 28.5 Å². The van der Waals surface area contributed by atoms with Crippen molar-refractivity contribution in [3.05, 3.63) is 35.7 Å². The number of carboxylic acid groups (broad SMARTS) is 1. The summed E-state index contributed by atoms with van der Waals surface area (Å²) < 4.78 is 0. The second-order valence-corrected chi connectivity index (χ2v) is 4.11. The van der Waals surface area contributed by atoms with Crippen LogP contribution in [0.2, 0.25) is 0 Å². The molecule has 0 aliphatic heterocycles. The van der Waals surface area contributed by atoms with Gasteiger partial charge in [-0.25, -0.2) is 4.79 Å². The van der Waals surface area contributed by atoms with Gasteiger partial charge in [-0.15, -0.1) is 0 Å². The van der Waals surface area contributed by atoms with Crippen LogP contribution in [0.3, 0.4) is 0 Å². The minimum Gasteiger partial charge on any atom is -0.478 e. The first-order valence-corrected chi connectivity index (χ1v) is 6.28. The third-order valence-corrected chi connectivity index (χ3v) is 2.50. The van der Waals surface area contributed by atoms with E-state index in [1.165, 1.54) is 12.3 Å². The summed E-state index contributed by atoms with van der Waals surface area (Å²) in [7, 11) is 0. The lowest BCUT2D eigenvalue weighted by Crippen LogP contribution is -2.25. The first-order chi connectivity index (χ1) is 9.13. The van der Waals surface area contributed by atoms with Gasteiger partial charge in [0, 0.05) is 18.8 Å². The number of unbranched alkanes of at least 4 members (excludes halogenated alkanes) is 2. The zero-order chi connectivity index (χ0) is 14.1. The number of pyridine rings is 1. The molecule has 1 rings (SSSR count). The first kappa shape index (κ1) is 14.9. The first-order valence-electron chi connectivity index (χ1n) is 6.28. The van der Waals surface area contributed by atoms with E-state index in [9.17, 15) is 9.59 Å². The van der Waals surface area contributed by atoms with Crippen LogP contribution in [0.25, 0.3) is 6.08 Å². The predicted molar refractivity (Wildman–Crippen MR) is 72.8 cm³/mol. The topological polar surface area (TPSA) is 79.3 Å². The van der Waals surface area contributed by atoms with E-state index in [4.69, 9.17) is 5.11 Å². The molecular formula is C14H18N2O3. The second-order valence-electron chi connectivity index (χ2n) is 4.11. The van der Waals surface area contributed by atoms with E-state index in [0.717, 1.165) is 25.3 Å². The van der Waals surface area contributed by atoms with Crippen LogP contribution in [0.5, 0.6) is 0 Å². The highest BCUT2D eigenvalue weighted by Crippen LogP contribution is 2.03. The van der Waals surface area contributed by atoms with Gasteiger partial charge in [0.15, 0.2) is 0 Å². The number of hydrogen-bond acceptors (Lipinski definition) is 3. The van der Waals surface area contributed by atoms with Crippen LogP contribution in [0.15, 0.2) is 24.4 Å². The molecule has 0 bridgehead atoms. The molecule has 102 valence electrons. The van der Waals surface area contributed by atoms with Crippen molar-refractivity contribution in [1.82, 2.24) is 10.3 Å². The highest BCUT2D eigenvalue weighted by Gasteiger charge is 2.05. The summed E-state index contributed by atoms with van der Waals surface area (Å²) in [6.07, 6.45) is 7.09. The highest BCUT2D eigenvalue weighted by molar-refractivity contribution is 5.92.